The second-order valence-corrected chi connectivity index (χ2v) is 12.1. The molecular formula is C30H62. The molecule has 0 spiro atoms. The van der Waals surface area contributed by atoms with Crippen LogP contribution in [0.4, 0.5) is 0 Å². The fourth-order valence-corrected chi connectivity index (χ4v) is 5.84. The zero-order chi connectivity index (χ0) is 22.9. The maximum Gasteiger partial charge on any atom is -0.0363 e. The monoisotopic (exact) mass is 422 g/mol. The second kappa shape index (κ2) is 18.6. The van der Waals surface area contributed by atoms with E-state index in [9.17, 15) is 0 Å². The van der Waals surface area contributed by atoms with Crippen LogP contribution < -0.4 is 0 Å². The average molecular weight is 423 g/mol. The molecule has 5 unspecified atom stereocenters. The van der Waals surface area contributed by atoms with Crippen molar-refractivity contribution in [2.75, 3.05) is 0 Å². The minimum absolute atomic E-state index is 0.825. The Bertz CT molecular complexity index is 355. The Morgan fingerprint density at radius 2 is 0.967 bits per heavy atom. The predicted octanol–water partition coefficient (Wildman–Crippen LogP) is 10.9. The summed E-state index contributed by atoms with van der Waals surface area (Å²) < 4.78 is 0. The molecule has 0 aliphatic rings. The van der Waals surface area contributed by atoms with Crippen molar-refractivity contribution in [1.29, 1.82) is 0 Å². The number of hydrogen-bond acceptors (Lipinski definition) is 0. The Morgan fingerprint density at radius 1 is 0.467 bits per heavy atom. The van der Waals surface area contributed by atoms with Gasteiger partial charge < -0.3 is 0 Å². The van der Waals surface area contributed by atoms with Gasteiger partial charge in [-0.15, -0.1) is 0 Å². The quantitative estimate of drug-likeness (QED) is 0.171. The van der Waals surface area contributed by atoms with Crippen molar-refractivity contribution >= 4 is 0 Å². The first-order valence-electron chi connectivity index (χ1n) is 14.2. The van der Waals surface area contributed by atoms with Crippen LogP contribution in [0, 0.1) is 41.4 Å². The van der Waals surface area contributed by atoms with Gasteiger partial charge in [-0.3, -0.25) is 0 Å². The van der Waals surface area contributed by atoms with Crippen LogP contribution in [0.1, 0.15) is 152 Å². The fourth-order valence-electron chi connectivity index (χ4n) is 5.84. The van der Waals surface area contributed by atoms with E-state index < -0.39 is 0 Å². The van der Waals surface area contributed by atoms with Crippen LogP contribution in [0.25, 0.3) is 0 Å². The normalized spacial score (nSPS) is 17.3. The molecule has 0 fully saturated rings. The van der Waals surface area contributed by atoms with E-state index in [0.717, 1.165) is 41.4 Å². The van der Waals surface area contributed by atoms with E-state index >= 15 is 0 Å². The molecule has 5 atom stereocenters. The topological polar surface area (TPSA) is 0 Å². The number of hydrogen-bond donors (Lipinski definition) is 0. The highest BCUT2D eigenvalue weighted by molar-refractivity contribution is 4.74. The molecule has 0 rings (SSSR count). The summed E-state index contributed by atoms with van der Waals surface area (Å²) in [5.41, 5.74) is 0. The Morgan fingerprint density at radius 3 is 1.47 bits per heavy atom. The van der Waals surface area contributed by atoms with E-state index in [1.165, 1.54) is 89.9 Å². The molecule has 0 heterocycles. The van der Waals surface area contributed by atoms with Gasteiger partial charge in [-0.25, -0.2) is 0 Å². The van der Waals surface area contributed by atoms with E-state index in [-0.39, 0.29) is 0 Å². The van der Waals surface area contributed by atoms with E-state index in [0.29, 0.717) is 0 Å². The molecule has 0 nitrogen and oxygen atoms in total. The van der Waals surface area contributed by atoms with Gasteiger partial charge in [0.2, 0.25) is 0 Å². The maximum atomic E-state index is 2.52. The van der Waals surface area contributed by atoms with Gasteiger partial charge in [-0.1, -0.05) is 133 Å². The molecule has 182 valence electrons. The second-order valence-electron chi connectivity index (χ2n) is 12.1. The first kappa shape index (κ1) is 30.0. The van der Waals surface area contributed by atoms with Crippen molar-refractivity contribution in [1.82, 2.24) is 0 Å². The van der Waals surface area contributed by atoms with Gasteiger partial charge in [0.1, 0.15) is 0 Å². The zero-order valence-corrected chi connectivity index (χ0v) is 22.9. The predicted molar refractivity (Wildman–Crippen MR) is 140 cm³/mol. The molecule has 0 aliphatic carbocycles. The summed E-state index contributed by atoms with van der Waals surface area (Å²) in [5, 5.41) is 0. The largest absolute Gasteiger partial charge is 0.0654 e. The van der Waals surface area contributed by atoms with Gasteiger partial charge in [0.15, 0.2) is 0 Å². The zero-order valence-electron chi connectivity index (χ0n) is 22.9. The smallest absolute Gasteiger partial charge is 0.0363 e. The number of unbranched alkanes of at least 4 members (excludes halogenated alkanes) is 6. The van der Waals surface area contributed by atoms with Gasteiger partial charge in [0.25, 0.3) is 0 Å². The molecule has 0 bridgehead atoms. The lowest BCUT2D eigenvalue weighted by Gasteiger charge is -2.32. The van der Waals surface area contributed by atoms with Crippen molar-refractivity contribution in [3.05, 3.63) is 0 Å². The lowest BCUT2D eigenvalue weighted by molar-refractivity contribution is 0.186. The van der Waals surface area contributed by atoms with Crippen LogP contribution in [0.15, 0.2) is 0 Å². The molecular weight excluding hydrogens is 360 g/mol. The fraction of sp³-hybridized carbons (Fsp3) is 1.00. The number of rotatable bonds is 20. The van der Waals surface area contributed by atoms with Crippen LogP contribution in [-0.4, -0.2) is 0 Å². The summed E-state index contributed by atoms with van der Waals surface area (Å²) in [5.74, 6) is 6.18. The van der Waals surface area contributed by atoms with Crippen LogP contribution in [-0.2, 0) is 0 Å². The third-order valence-corrected chi connectivity index (χ3v) is 7.60. The first-order chi connectivity index (χ1) is 14.2. The van der Waals surface area contributed by atoms with Gasteiger partial charge in [0.05, 0.1) is 0 Å². The van der Waals surface area contributed by atoms with Crippen molar-refractivity contribution in [3.8, 4) is 0 Å². The van der Waals surface area contributed by atoms with Gasteiger partial charge in [-0.05, 0) is 60.7 Å². The molecule has 0 aromatic heterocycles. The maximum absolute atomic E-state index is 2.52. The summed E-state index contributed by atoms with van der Waals surface area (Å²) in [6, 6.07) is 0. The van der Waals surface area contributed by atoms with Crippen LogP contribution in [0.3, 0.4) is 0 Å². The standard InChI is InChI=1S/C30H62/c1-10-11-18-26(6)19-16-14-12-13-15-17-20-27(7)22-28(8)23-30(25(4)5)29(9)21-24(2)3/h24-30H,10-23H2,1-9H3. The van der Waals surface area contributed by atoms with Crippen molar-refractivity contribution in [2.24, 2.45) is 41.4 Å². The summed E-state index contributed by atoms with van der Waals surface area (Å²) in [7, 11) is 0. The molecule has 0 heteroatoms. The van der Waals surface area contributed by atoms with Crippen molar-refractivity contribution < 1.29 is 0 Å². The van der Waals surface area contributed by atoms with E-state index in [2.05, 4.69) is 62.3 Å². The van der Waals surface area contributed by atoms with E-state index in [1.54, 1.807) is 0 Å². The minimum Gasteiger partial charge on any atom is -0.0654 e. The molecule has 0 radical (unpaired) electrons. The highest BCUT2D eigenvalue weighted by Gasteiger charge is 2.24. The molecule has 0 aromatic carbocycles. The molecule has 0 N–H and O–H groups in total. The first-order valence-corrected chi connectivity index (χ1v) is 14.2. The summed E-state index contributed by atoms with van der Waals surface area (Å²) in [6.45, 7) is 22.0. The highest BCUT2D eigenvalue weighted by Crippen LogP contribution is 2.34. The summed E-state index contributed by atoms with van der Waals surface area (Å²) in [6.07, 6.45) is 20.2. The van der Waals surface area contributed by atoms with Crippen LogP contribution in [0.5, 0.6) is 0 Å². The Labute approximate surface area is 193 Å². The van der Waals surface area contributed by atoms with E-state index in [1.807, 2.05) is 0 Å². The Kier molecular flexibility index (Phi) is 18.6. The SMILES string of the molecule is CCCCC(C)CCCCCCCCC(C)CC(C)CC(C(C)C)C(C)CC(C)C. The molecule has 0 saturated heterocycles. The molecule has 0 amide bonds. The van der Waals surface area contributed by atoms with Gasteiger partial charge >= 0.3 is 0 Å². The lowest BCUT2D eigenvalue weighted by atomic mass is 9.74. The summed E-state index contributed by atoms with van der Waals surface area (Å²) >= 11 is 0. The van der Waals surface area contributed by atoms with E-state index in [4.69, 9.17) is 0 Å². The van der Waals surface area contributed by atoms with Gasteiger partial charge in [-0.2, -0.15) is 0 Å². The van der Waals surface area contributed by atoms with Crippen molar-refractivity contribution in [3.63, 3.8) is 0 Å². The van der Waals surface area contributed by atoms with Gasteiger partial charge in [0, 0.05) is 0 Å². The third kappa shape index (κ3) is 16.7. The van der Waals surface area contributed by atoms with Crippen LogP contribution >= 0.6 is 0 Å². The van der Waals surface area contributed by atoms with Crippen LogP contribution in [0.2, 0.25) is 0 Å². The molecule has 0 aliphatic heterocycles. The average Bonchev–Trinajstić information content (AvgIpc) is 2.65. The van der Waals surface area contributed by atoms with Crippen molar-refractivity contribution in [2.45, 2.75) is 152 Å². The molecule has 30 heavy (non-hydrogen) atoms. The highest BCUT2D eigenvalue weighted by atomic mass is 14.3. The molecule has 0 aromatic rings. The minimum atomic E-state index is 0.825. The molecule has 0 saturated carbocycles. The third-order valence-electron chi connectivity index (χ3n) is 7.60. The Hall–Kier alpha value is 0. The lowest BCUT2D eigenvalue weighted by Crippen LogP contribution is -2.22. The summed E-state index contributed by atoms with van der Waals surface area (Å²) in [4.78, 5) is 0. The Balaban J connectivity index is 3.85.